The predicted octanol–water partition coefficient (Wildman–Crippen LogP) is 13.9. The zero-order valence-electron chi connectivity index (χ0n) is 36.5. The van der Waals surface area contributed by atoms with E-state index in [2.05, 4.69) is 25.7 Å². The molecule has 0 bridgehead atoms. The van der Waals surface area contributed by atoms with Crippen molar-refractivity contribution in [2.45, 2.75) is 239 Å². The van der Waals surface area contributed by atoms with Gasteiger partial charge in [-0.25, -0.2) is 0 Å². The van der Waals surface area contributed by atoms with Crippen LogP contribution in [0.25, 0.3) is 0 Å². The van der Waals surface area contributed by atoms with E-state index >= 15 is 0 Å². The van der Waals surface area contributed by atoms with Crippen molar-refractivity contribution in [3.05, 3.63) is 0 Å². The minimum atomic E-state index is -0.250. The molecule has 0 spiro atoms. The maximum Gasteiger partial charge on any atom is 0.290 e. The molecule has 6 heteroatoms. The normalized spacial score (nSPS) is 10.5. The van der Waals surface area contributed by atoms with Gasteiger partial charge in [-0.2, -0.15) is 0 Å². The number of hydrogen-bond acceptors (Lipinski definition) is 5. The van der Waals surface area contributed by atoms with Crippen molar-refractivity contribution in [1.29, 1.82) is 0 Å². The largest absolute Gasteiger partial charge is 0.483 e. The van der Waals surface area contributed by atoms with Crippen LogP contribution in [0.5, 0.6) is 0 Å². The minimum absolute atomic E-state index is 0.250. The number of carbonyl (C=O) groups is 3. The molecule has 0 aromatic carbocycles. The van der Waals surface area contributed by atoms with Gasteiger partial charge >= 0.3 is 0 Å². The van der Waals surface area contributed by atoms with Gasteiger partial charge in [0, 0.05) is 12.8 Å². The first-order chi connectivity index (χ1) is 25.4. The molecule has 0 aliphatic rings. The van der Waals surface area contributed by atoms with E-state index in [-0.39, 0.29) is 6.47 Å². The molecule has 0 aliphatic carbocycles. The Labute approximate surface area is 327 Å². The van der Waals surface area contributed by atoms with Crippen LogP contribution >= 0.6 is 0 Å². The molecule has 0 aromatic rings. The fraction of sp³-hybridized carbons (Fsp3) is 0.935. The van der Waals surface area contributed by atoms with Crippen LogP contribution in [-0.2, 0) is 14.4 Å². The smallest absolute Gasteiger partial charge is 0.290 e. The van der Waals surface area contributed by atoms with Gasteiger partial charge in [-0.05, 0) is 66.5 Å². The van der Waals surface area contributed by atoms with Crippen molar-refractivity contribution in [1.82, 2.24) is 9.80 Å². The third-order valence-corrected chi connectivity index (χ3v) is 9.38. The van der Waals surface area contributed by atoms with Crippen molar-refractivity contribution in [2.75, 3.05) is 40.8 Å². The molecule has 0 amide bonds. The Bertz CT molecular complexity index is 614. The van der Waals surface area contributed by atoms with Gasteiger partial charge in [0.1, 0.15) is 12.6 Å². The molecule has 0 aromatic heterocycles. The van der Waals surface area contributed by atoms with Gasteiger partial charge in [-0.15, -0.1) is 0 Å². The van der Waals surface area contributed by atoms with E-state index in [9.17, 15) is 9.59 Å². The molecule has 0 saturated heterocycles. The molecule has 0 saturated carbocycles. The lowest BCUT2D eigenvalue weighted by atomic mass is 10.0. The average Bonchev–Trinajstić information content (AvgIpc) is 3.12. The number of carboxylic acid groups (broad SMARTS) is 1. The van der Waals surface area contributed by atoms with E-state index in [1.54, 1.807) is 0 Å². The Morgan fingerprint density at radius 3 is 0.788 bits per heavy atom. The van der Waals surface area contributed by atoms with Crippen molar-refractivity contribution < 1.29 is 19.5 Å². The lowest BCUT2D eigenvalue weighted by Gasteiger charge is -2.22. The fourth-order valence-electron chi connectivity index (χ4n) is 6.27. The summed E-state index contributed by atoms with van der Waals surface area (Å²) in [6, 6.07) is 0. The zero-order chi connectivity index (χ0) is 39.4. The molecule has 0 fully saturated rings. The molecule has 1 N–H and O–H groups in total. The van der Waals surface area contributed by atoms with Gasteiger partial charge < -0.3 is 24.5 Å². The zero-order valence-corrected chi connectivity index (χ0v) is 36.5. The summed E-state index contributed by atoms with van der Waals surface area (Å²) < 4.78 is 0. The number of carbonyl (C=O) groups excluding carboxylic acids is 2. The summed E-state index contributed by atoms with van der Waals surface area (Å²) in [4.78, 5) is 33.5. The van der Waals surface area contributed by atoms with Crippen molar-refractivity contribution in [2.24, 2.45) is 0 Å². The van der Waals surface area contributed by atoms with E-state index in [0.29, 0.717) is 0 Å². The number of nitrogens with zero attached hydrogens (tertiary/aromatic N) is 2. The summed E-state index contributed by atoms with van der Waals surface area (Å²) in [7, 11) is 6.00. The van der Waals surface area contributed by atoms with Crippen LogP contribution in [0.2, 0.25) is 0 Å². The van der Waals surface area contributed by atoms with E-state index in [1.165, 1.54) is 206 Å². The topological polar surface area (TPSA) is 77.9 Å². The first-order valence-corrected chi connectivity index (χ1v) is 22.7. The predicted molar refractivity (Wildman–Crippen MR) is 231 cm³/mol. The monoisotopic (exact) mass is 741 g/mol. The molecule has 0 heterocycles. The van der Waals surface area contributed by atoms with Crippen LogP contribution in [0.15, 0.2) is 0 Å². The van der Waals surface area contributed by atoms with Crippen molar-refractivity contribution in [3.63, 3.8) is 0 Å². The molecular weight excluding hydrogens is 645 g/mol. The van der Waals surface area contributed by atoms with Crippen LogP contribution in [0.3, 0.4) is 0 Å². The quantitative estimate of drug-likeness (QED) is 0.0501. The highest BCUT2D eigenvalue weighted by molar-refractivity contribution is 5.49. The standard InChI is InChI=1S/C35H71NO.C7H14O.C3H9N.CH2O2/c1-3-5-7-9-11-13-15-17-19-21-23-25-27-29-33-36(34-30-31-35-37)32-28-26-24-22-20-18-16-14-12-10-8-6-4-2;1-2-3-4-5-6-7-8;1-4(2)3;2-1-3/h35H,3-34H2,1-2H3;7H,2-6H2,1H3;1-3H3;1H,(H,2,3). The molecule has 314 valence electrons. The summed E-state index contributed by atoms with van der Waals surface area (Å²) >= 11 is 0. The highest BCUT2D eigenvalue weighted by Gasteiger charge is 2.05. The van der Waals surface area contributed by atoms with Gasteiger partial charge in [-0.3, -0.25) is 4.79 Å². The van der Waals surface area contributed by atoms with E-state index in [0.717, 1.165) is 44.8 Å². The van der Waals surface area contributed by atoms with E-state index < -0.39 is 0 Å². The first-order valence-electron chi connectivity index (χ1n) is 22.7. The summed E-state index contributed by atoms with van der Waals surface area (Å²) in [5.41, 5.74) is 0. The SMILES string of the molecule is CCCCCCC=O.CCCCCCCCCCCCCCCCN(CCCC=O)CCCCCCCCCCCCCCC.CN(C)C.O=CO. The van der Waals surface area contributed by atoms with E-state index in [1.807, 2.05) is 26.0 Å². The van der Waals surface area contributed by atoms with Gasteiger partial charge in [-0.1, -0.05) is 201 Å². The van der Waals surface area contributed by atoms with Gasteiger partial charge in [0.2, 0.25) is 0 Å². The van der Waals surface area contributed by atoms with Crippen molar-refractivity contribution in [3.8, 4) is 0 Å². The summed E-state index contributed by atoms with van der Waals surface area (Å²) in [5.74, 6) is 0. The van der Waals surface area contributed by atoms with Crippen LogP contribution in [0, 0.1) is 0 Å². The lowest BCUT2D eigenvalue weighted by Crippen LogP contribution is -2.27. The Kier molecular flexibility index (Phi) is 65.2. The molecule has 0 aliphatic heterocycles. The van der Waals surface area contributed by atoms with Crippen LogP contribution < -0.4 is 0 Å². The lowest BCUT2D eigenvalue weighted by molar-refractivity contribution is -0.123. The van der Waals surface area contributed by atoms with Gasteiger partial charge in [0.15, 0.2) is 0 Å². The molecule has 0 atom stereocenters. The highest BCUT2D eigenvalue weighted by atomic mass is 16.3. The highest BCUT2D eigenvalue weighted by Crippen LogP contribution is 2.15. The first kappa shape index (κ1) is 57.5. The second kappa shape index (κ2) is 59.0. The summed E-state index contributed by atoms with van der Waals surface area (Å²) in [5, 5.41) is 6.89. The Hall–Kier alpha value is -1.27. The average molecular weight is 741 g/mol. The fourth-order valence-corrected chi connectivity index (χ4v) is 6.27. The van der Waals surface area contributed by atoms with Crippen LogP contribution in [0.4, 0.5) is 0 Å². The minimum Gasteiger partial charge on any atom is -0.483 e. The second-order valence-corrected chi connectivity index (χ2v) is 15.5. The Balaban J connectivity index is -0.000000639. The van der Waals surface area contributed by atoms with Crippen LogP contribution in [0.1, 0.15) is 239 Å². The summed E-state index contributed by atoms with van der Waals surface area (Å²) in [6.07, 6.45) is 48.0. The molecule has 0 radical (unpaired) electrons. The molecular formula is C46H96N2O4. The molecule has 52 heavy (non-hydrogen) atoms. The summed E-state index contributed by atoms with van der Waals surface area (Å²) in [6.45, 7) is 10.1. The third kappa shape index (κ3) is 70.3. The molecule has 0 unspecified atom stereocenters. The second-order valence-electron chi connectivity index (χ2n) is 15.5. The Morgan fingerprint density at radius 2 is 0.538 bits per heavy atom. The van der Waals surface area contributed by atoms with Gasteiger partial charge in [0.25, 0.3) is 6.47 Å². The number of unbranched alkanes of at least 4 members (excludes halogenated alkanes) is 30. The number of rotatable bonds is 38. The van der Waals surface area contributed by atoms with Gasteiger partial charge in [0.05, 0.1) is 0 Å². The number of hydrogen-bond donors (Lipinski definition) is 1. The third-order valence-electron chi connectivity index (χ3n) is 9.38. The van der Waals surface area contributed by atoms with Crippen molar-refractivity contribution >= 4 is 19.0 Å². The molecule has 6 nitrogen and oxygen atoms in total. The maximum absolute atomic E-state index is 10.8. The van der Waals surface area contributed by atoms with E-state index in [4.69, 9.17) is 9.90 Å². The van der Waals surface area contributed by atoms with Crippen LogP contribution in [-0.4, -0.2) is 74.7 Å². The molecule has 0 rings (SSSR count). The maximum atomic E-state index is 10.8. The number of aldehydes is 2. The Morgan fingerprint density at radius 1 is 0.346 bits per heavy atom.